The maximum atomic E-state index is 3.77. The van der Waals surface area contributed by atoms with Crippen LogP contribution in [-0.2, 0) is 0 Å². The lowest BCUT2D eigenvalue weighted by Gasteiger charge is -2.41. The summed E-state index contributed by atoms with van der Waals surface area (Å²) in [7, 11) is 2.00. The van der Waals surface area contributed by atoms with Gasteiger partial charge in [-0.15, -0.1) is 6.58 Å². The molecule has 0 fully saturated rings. The smallest absolute Gasteiger partial charge is 0.0176 e. The van der Waals surface area contributed by atoms with E-state index in [1.807, 2.05) is 13.1 Å². The molecule has 1 heteroatoms. The maximum absolute atomic E-state index is 3.77. The predicted molar refractivity (Wildman–Crippen MR) is 51.7 cm³/mol. The Morgan fingerprint density at radius 1 is 1.27 bits per heavy atom. The topological polar surface area (TPSA) is 12.0 Å². The number of hydrogen-bond acceptors (Lipinski definition) is 1. The van der Waals surface area contributed by atoms with Crippen LogP contribution in [0.3, 0.4) is 0 Å². The highest BCUT2D eigenvalue weighted by Crippen LogP contribution is 2.33. The quantitative estimate of drug-likeness (QED) is 0.615. The van der Waals surface area contributed by atoms with Crippen molar-refractivity contribution >= 4 is 0 Å². The van der Waals surface area contributed by atoms with E-state index >= 15 is 0 Å². The molecule has 0 aliphatic heterocycles. The van der Waals surface area contributed by atoms with Crippen LogP contribution in [0.25, 0.3) is 0 Å². The van der Waals surface area contributed by atoms with E-state index in [-0.39, 0.29) is 11.0 Å². The molecule has 0 saturated carbocycles. The van der Waals surface area contributed by atoms with Crippen LogP contribution in [0.2, 0.25) is 0 Å². The molecule has 0 aromatic heterocycles. The van der Waals surface area contributed by atoms with Gasteiger partial charge in [0.15, 0.2) is 0 Å². The molecule has 0 aliphatic rings. The van der Waals surface area contributed by atoms with Crippen molar-refractivity contribution in [1.29, 1.82) is 0 Å². The molecular weight excluding hydrogens is 134 g/mol. The van der Waals surface area contributed by atoms with Gasteiger partial charge in [0, 0.05) is 5.54 Å². The summed E-state index contributed by atoms with van der Waals surface area (Å²) < 4.78 is 0. The number of allylic oxidation sites excluding steroid dienone is 1. The maximum Gasteiger partial charge on any atom is 0.0176 e. The zero-order chi connectivity index (χ0) is 9.12. The van der Waals surface area contributed by atoms with Crippen molar-refractivity contribution in [2.75, 3.05) is 7.05 Å². The Bertz CT molecular complexity index is 134. The molecule has 1 N–H and O–H groups in total. The third-order valence-electron chi connectivity index (χ3n) is 2.97. The van der Waals surface area contributed by atoms with Crippen LogP contribution >= 0.6 is 0 Å². The Morgan fingerprint density at radius 2 is 1.73 bits per heavy atom. The lowest BCUT2D eigenvalue weighted by atomic mass is 9.72. The van der Waals surface area contributed by atoms with Gasteiger partial charge in [-0.2, -0.15) is 0 Å². The van der Waals surface area contributed by atoms with Crippen molar-refractivity contribution in [3.8, 4) is 0 Å². The van der Waals surface area contributed by atoms with Gasteiger partial charge in [0.1, 0.15) is 0 Å². The SMILES string of the molecule is C=CCC(C)(C)C(C)(C)NC. The van der Waals surface area contributed by atoms with Crippen LogP contribution in [-0.4, -0.2) is 12.6 Å². The van der Waals surface area contributed by atoms with E-state index < -0.39 is 0 Å². The first-order valence-corrected chi connectivity index (χ1v) is 4.17. The van der Waals surface area contributed by atoms with Crippen LogP contribution in [0.5, 0.6) is 0 Å². The zero-order valence-corrected chi connectivity index (χ0v) is 8.49. The van der Waals surface area contributed by atoms with Crippen molar-refractivity contribution in [1.82, 2.24) is 5.32 Å². The number of nitrogens with one attached hydrogen (secondary N) is 1. The minimum Gasteiger partial charge on any atom is -0.314 e. The van der Waals surface area contributed by atoms with Gasteiger partial charge in [0.05, 0.1) is 0 Å². The molecule has 1 nitrogen and oxygen atoms in total. The normalized spacial score (nSPS) is 13.2. The number of rotatable bonds is 4. The van der Waals surface area contributed by atoms with Crippen LogP contribution in [0.15, 0.2) is 12.7 Å². The predicted octanol–water partition coefficient (Wildman–Crippen LogP) is 2.59. The van der Waals surface area contributed by atoms with Crippen molar-refractivity contribution in [3.05, 3.63) is 12.7 Å². The molecule has 0 saturated heterocycles. The highest BCUT2D eigenvalue weighted by Gasteiger charge is 2.33. The summed E-state index contributed by atoms with van der Waals surface area (Å²) in [4.78, 5) is 0. The average Bonchev–Trinajstić information content (AvgIpc) is 1.87. The van der Waals surface area contributed by atoms with E-state index in [1.54, 1.807) is 0 Å². The summed E-state index contributed by atoms with van der Waals surface area (Å²) in [5, 5.41) is 3.32. The van der Waals surface area contributed by atoms with Crippen molar-refractivity contribution in [3.63, 3.8) is 0 Å². The fraction of sp³-hybridized carbons (Fsp3) is 0.800. The summed E-state index contributed by atoms with van der Waals surface area (Å²) in [6, 6.07) is 0. The van der Waals surface area contributed by atoms with Crippen molar-refractivity contribution < 1.29 is 0 Å². The van der Waals surface area contributed by atoms with Gasteiger partial charge in [-0.25, -0.2) is 0 Å². The Balaban J connectivity index is 4.38. The second-order valence-corrected chi connectivity index (χ2v) is 4.25. The van der Waals surface area contributed by atoms with Crippen LogP contribution < -0.4 is 5.32 Å². The molecular formula is C10H21N. The van der Waals surface area contributed by atoms with Crippen molar-refractivity contribution in [2.45, 2.75) is 39.7 Å². The van der Waals surface area contributed by atoms with E-state index in [4.69, 9.17) is 0 Å². The molecule has 0 spiro atoms. The van der Waals surface area contributed by atoms with Gasteiger partial charge in [-0.05, 0) is 32.7 Å². The summed E-state index contributed by atoms with van der Waals surface area (Å²) in [6.07, 6.45) is 3.03. The first-order chi connectivity index (χ1) is 4.87. The molecule has 11 heavy (non-hydrogen) atoms. The van der Waals surface area contributed by atoms with E-state index in [2.05, 4.69) is 39.6 Å². The molecule has 0 aliphatic carbocycles. The molecule has 0 unspecified atom stereocenters. The van der Waals surface area contributed by atoms with E-state index in [0.717, 1.165) is 6.42 Å². The van der Waals surface area contributed by atoms with E-state index in [9.17, 15) is 0 Å². The van der Waals surface area contributed by atoms with E-state index in [0.29, 0.717) is 0 Å². The second-order valence-electron chi connectivity index (χ2n) is 4.25. The standard InChI is InChI=1S/C10H21N/c1-7-8-9(2,3)10(4,5)11-6/h7,11H,1,8H2,2-6H3. The van der Waals surface area contributed by atoms with Crippen LogP contribution in [0, 0.1) is 5.41 Å². The molecule has 0 radical (unpaired) electrons. The van der Waals surface area contributed by atoms with E-state index in [1.165, 1.54) is 0 Å². The lowest BCUT2D eigenvalue weighted by Crippen LogP contribution is -2.49. The Hall–Kier alpha value is -0.300. The van der Waals surface area contributed by atoms with Gasteiger partial charge < -0.3 is 5.32 Å². The van der Waals surface area contributed by atoms with Gasteiger partial charge in [0.2, 0.25) is 0 Å². The minimum atomic E-state index is 0.168. The monoisotopic (exact) mass is 155 g/mol. The highest BCUT2D eigenvalue weighted by atomic mass is 14.9. The molecule has 0 amide bonds. The van der Waals surface area contributed by atoms with Crippen molar-refractivity contribution in [2.24, 2.45) is 5.41 Å². The Labute approximate surface area is 70.9 Å². The van der Waals surface area contributed by atoms with Gasteiger partial charge in [0.25, 0.3) is 0 Å². The summed E-state index contributed by atoms with van der Waals surface area (Å²) in [5.41, 5.74) is 0.435. The van der Waals surface area contributed by atoms with Gasteiger partial charge >= 0.3 is 0 Å². The Kier molecular flexibility index (Phi) is 3.30. The first kappa shape index (κ1) is 10.7. The average molecular weight is 155 g/mol. The largest absolute Gasteiger partial charge is 0.314 e. The second kappa shape index (κ2) is 3.40. The highest BCUT2D eigenvalue weighted by molar-refractivity contribution is 4.95. The van der Waals surface area contributed by atoms with Gasteiger partial charge in [-0.3, -0.25) is 0 Å². The molecule has 0 bridgehead atoms. The molecule has 0 aromatic carbocycles. The number of hydrogen-bond donors (Lipinski definition) is 1. The molecule has 0 aromatic rings. The third kappa shape index (κ3) is 2.33. The fourth-order valence-electron chi connectivity index (χ4n) is 0.954. The lowest BCUT2D eigenvalue weighted by molar-refractivity contribution is 0.168. The molecule has 0 atom stereocenters. The van der Waals surface area contributed by atoms with Crippen LogP contribution in [0.1, 0.15) is 34.1 Å². The molecule has 0 rings (SSSR count). The molecule has 66 valence electrons. The summed E-state index contributed by atoms with van der Waals surface area (Å²) >= 11 is 0. The molecule has 0 heterocycles. The Morgan fingerprint density at radius 3 is 2.00 bits per heavy atom. The minimum absolute atomic E-state index is 0.168. The summed E-state index contributed by atoms with van der Waals surface area (Å²) in [6.45, 7) is 12.7. The zero-order valence-electron chi connectivity index (χ0n) is 8.49. The van der Waals surface area contributed by atoms with Gasteiger partial charge in [-0.1, -0.05) is 19.9 Å². The third-order valence-corrected chi connectivity index (χ3v) is 2.97. The van der Waals surface area contributed by atoms with Crippen LogP contribution in [0.4, 0.5) is 0 Å². The fourth-order valence-corrected chi connectivity index (χ4v) is 0.954. The summed E-state index contributed by atoms with van der Waals surface area (Å²) in [5.74, 6) is 0. The first-order valence-electron chi connectivity index (χ1n) is 4.17.